The molecule has 2 aliphatic carbocycles. The normalized spacial score (nSPS) is 18.9. The molecule has 1 fully saturated rings. The van der Waals surface area contributed by atoms with Crippen molar-refractivity contribution in [3.63, 3.8) is 0 Å². The first kappa shape index (κ1) is 38.5. The summed E-state index contributed by atoms with van der Waals surface area (Å²) in [6, 6.07) is 43.3. The minimum atomic E-state index is -2.35. The zero-order valence-corrected chi connectivity index (χ0v) is 42.6. The fraction of sp³-hybridized carbons (Fsp3) is 0.333. The second kappa shape index (κ2) is 17.3. The van der Waals surface area contributed by atoms with Crippen molar-refractivity contribution in [1.82, 2.24) is 9.97 Å². The van der Waals surface area contributed by atoms with Gasteiger partial charge in [-0.2, -0.15) is 0 Å². The van der Waals surface area contributed by atoms with Crippen molar-refractivity contribution in [2.24, 2.45) is 5.41 Å². The van der Waals surface area contributed by atoms with Gasteiger partial charge in [-0.15, -0.1) is 47.5 Å². The van der Waals surface area contributed by atoms with Crippen LogP contribution in [0.3, 0.4) is 0 Å². The van der Waals surface area contributed by atoms with E-state index in [2.05, 4.69) is 151 Å². The fourth-order valence-corrected chi connectivity index (χ4v) is 10.9. The summed E-state index contributed by atoms with van der Waals surface area (Å²) in [5.74, 6) is -0.975. The van der Waals surface area contributed by atoms with E-state index in [1.807, 2.05) is 42.6 Å². The van der Waals surface area contributed by atoms with Gasteiger partial charge in [0.2, 0.25) is 0 Å². The Hall–Kier alpha value is -5.41. The number of benzene rings is 6. The second-order valence-electron chi connectivity index (χ2n) is 22.0. The number of hydrogen-bond acceptors (Lipinski definition) is 3. The predicted octanol–water partition coefficient (Wildman–Crippen LogP) is 17.5. The SMILES string of the molecule is [2H]C([2H])([2H])c1c[c-]c(-c2cc(C(C)(C)C)ccn2)cc1-c1ccc2c(c1)C(C)(C)CC2(C)C.[2H]C([2H])([2H])c1cnc(-c2[c-]ccc3c2oc2cc4c(ccc5ccccc54)cc23)cc1C1([2H])CCC(C)(C)CC1.[Ir]. The van der Waals surface area contributed by atoms with E-state index in [4.69, 9.17) is 12.6 Å². The molecule has 11 rings (SSSR count). The number of hydrogen-bond donors (Lipinski definition) is 0. The van der Waals surface area contributed by atoms with Gasteiger partial charge in [-0.25, -0.2) is 0 Å². The summed E-state index contributed by atoms with van der Waals surface area (Å²) < 4.78 is 64.9. The number of aryl methyl sites for hydroxylation is 2. The van der Waals surface area contributed by atoms with E-state index in [1.54, 1.807) is 6.07 Å². The van der Waals surface area contributed by atoms with E-state index in [-0.39, 0.29) is 47.3 Å². The number of rotatable bonds is 4. The molecule has 343 valence electrons. The van der Waals surface area contributed by atoms with Gasteiger partial charge in [0.25, 0.3) is 0 Å². The van der Waals surface area contributed by atoms with Gasteiger partial charge in [-0.05, 0) is 151 Å². The molecule has 0 amide bonds. The molecule has 9 aromatic rings. The van der Waals surface area contributed by atoms with E-state index in [0.29, 0.717) is 40.8 Å². The van der Waals surface area contributed by atoms with Crippen LogP contribution in [0.5, 0.6) is 0 Å². The van der Waals surface area contributed by atoms with Crippen LogP contribution in [0.4, 0.5) is 0 Å². The zero-order valence-electron chi connectivity index (χ0n) is 47.2. The Kier molecular flexibility index (Phi) is 9.94. The molecule has 0 N–H and O–H groups in total. The Morgan fingerprint density at radius 1 is 0.701 bits per heavy atom. The summed E-state index contributed by atoms with van der Waals surface area (Å²) in [4.78, 5) is 9.19. The third kappa shape index (κ3) is 8.82. The first-order valence-electron chi connectivity index (χ1n) is 27.0. The third-order valence-electron chi connectivity index (χ3n) is 14.6. The van der Waals surface area contributed by atoms with Gasteiger partial charge in [0, 0.05) is 47.5 Å². The minimum Gasteiger partial charge on any atom is -0.501 e. The Morgan fingerprint density at radius 2 is 1.46 bits per heavy atom. The fourth-order valence-electron chi connectivity index (χ4n) is 10.9. The van der Waals surface area contributed by atoms with Gasteiger partial charge in [-0.1, -0.05) is 152 Å². The van der Waals surface area contributed by atoms with Gasteiger partial charge < -0.3 is 14.4 Å². The second-order valence-corrected chi connectivity index (χ2v) is 22.0. The average Bonchev–Trinajstić information content (AvgIpc) is 3.79. The van der Waals surface area contributed by atoms with E-state index < -0.39 is 19.6 Å². The molecule has 0 spiro atoms. The van der Waals surface area contributed by atoms with E-state index in [0.717, 1.165) is 68.8 Å². The van der Waals surface area contributed by atoms with Crippen LogP contribution < -0.4 is 0 Å². The van der Waals surface area contributed by atoms with E-state index >= 15 is 0 Å². The summed E-state index contributed by atoms with van der Waals surface area (Å²) in [5.41, 5.74) is 11.2. The maximum atomic E-state index is 9.41. The molecule has 1 saturated carbocycles. The molecule has 4 heteroatoms. The van der Waals surface area contributed by atoms with Crippen molar-refractivity contribution in [1.29, 1.82) is 0 Å². The third-order valence-corrected chi connectivity index (χ3v) is 14.6. The quantitative estimate of drug-likeness (QED) is 0.130. The van der Waals surface area contributed by atoms with Crippen LogP contribution in [0.25, 0.3) is 77.1 Å². The van der Waals surface area contributed by atoms with Crippen LogP contribution >= 0.6 is 0 Å². The van der Waals surface area contributed by atoms with Crippen LogP contribution in [-0.2, 0) is 36.4 Å². The first-order chi connectivity index (χ1) is 34.1. The summed E-state index contributed by atoms with van der Waals surface area (Å²) in [5, 5.41) is 6.61. The smallest absolute Gasteiger partial charge is 0.121 e. The Bertz CT molecular complexity index is 3620. The van der Waals surface area contributed by atoms with Gasteiger partial charge in [0.05, 0.1) is 5.58 Å². The van der Waals surface area contributed by atoms with Crippen LogP contribution in [0.2, 0.25) is 0 Å². The van der Waals surface area contributed by atoms with Crippen LogP contribution in [0.15, 0.2) is 126 Å². The molecular formula is C63H64IrN2O-2. The van der Waals surface area contributed by atoms with Crippen molar-refractivity contribution >= 4 is 43.5 Å². The molecule has 0 aliphatic heterocycles. The number of pyridine rings is 2. The number of nitrogens with zero attached hydrogens (tertiary/aromatic N) is 2. The zero-order chi connectivity index (χ0) is 52.3. The molecule has 3 nitrogen and oxygen atoms in total. The van der Waals surface area contributed by atoms with Crippen molar-refractivity contribution in [3.8, 4) is 33.6 Å². The molecule has 0 unspecified atom stereocenters. The van der Waals surface area contributed by atoms with Crippen molar-refractivity contribution < 1.29 is 34.1 Å². The maximum Gasteiger partial charge on any atom is 0.121 e. The molecule has 0 saturated heterocycles. The van der Waals surface area contributed by atoms with E-state index in [1.165, 1.54) is 33.7 Å². The molecular weight excluding hydrogens is 993 g/mol. The summed E-state index contributed by atoms with van der Waals surface area (Å²) in [7, 11) is 0. The molecule has 0 bridgehead atoms. The van der Waals surface area contributed by atoms with Crippen molar-refractivity contribution in [2.75, 3.05) is 0 Å². The average molecular weight is 1060 g/mol. The maximum absolute atomic E-state index is 9.41. The molecule has 2 aliphatic rings. The largest absolute Gasteiger partial charge is 0.501 e. The molecule has 67 heavy (non-hydrogen) atoms. The molecule has 0 atom stereocenters. The first-order valence-corrected chi connectivity index (χ1v) is 23.5. The Balaban J connectivity index is 0.000000183. The van der Waals surface area contributed by atoms with Crippen molar-refractivity contribution in [2.45, 2.75) is 130 Å². The minimum absolute atomic E-state index is 0. The van der Waals surface area contributed by atoms with Gasteiger partial charge in [0.15, 0.2) is 0 Å². The van der Waals surface area contributed by atoms with Gasteiger partial charge >= 0.3 is 0 Å². The summed E-state index contributed by atoms with van der Waals surface area (Å²) >= 11 is 0. The standard InChI is InChI=1S/C34H30NO.C29H34N.Ir/c1-21-20-35-31(18-28(21)23-13-15-34(2,3)16-14-23)27-10-6-9-26-30-17-24-12-11-22-7-4-5-8-25(22)29(24)19-32(30)36-33(26)27;1-19-9-10-21(26-17-22(13-14-30-26)27(2,3)4)15-23(19)20-11-12-24-25(16-20)29(7,8)18-28(24,5)6;/h4-9,11-12,17-20,23H,13-16H2,1-3H3;9,11-17H,18H2,1-8H3;/q2*-1;/i1D3,23D;1D3;. The number of fused-ring (bicyclic) bond motifs is 7. The molecule has 3 aromatic heterocycles. The van der Waals surface area contributed by atoms with Crippen molar-refractivity contribution in [3.05, 3.63) is 167 Å². The van der Waals surface area contributed by atoms with Crippen LogP contribution in [-0.4, -0.2) is 9.97 Å². The number of furan rings is 1. The van der Waals surface area contributed by atoms with Gasteiger partial charge in [0.1, 0.15) is 5.58 Å². The Morgan fingerprint density at radius 3 is 2.24 bits per heavy atom. The monoisotopic (exact) mass is 1060 g/mol. The summed E-state index contributed by atoms with van der Waals surface area (Å²) in [6.45, 7) is 15.5. The molecule has 1 radical (unpaired) electrons. The summed E-state index contributed by atoms with van der Waals surface area (Å²) in [6.07, 6.45) is 7.33. The topological polar surface area (TPSA) is 38.9 Å². The number of aromatic nitrogens is 2. The van der Waals surface area contributed by atoms with Gasteiger partial charge in [-0.3, -0.25) is 0 Å². The van der Waals surface area contributed by atoms with Crippen LogP contribution in [0, 0.1) is 31.3 Å². The molecule has 3 heterocycles. The molecule has 6 aromatic carbocycles. The Labute approximate surface area is 422 Å². The van der Waals surface area contributed by atoms with Crippen LogP contribution in [0.1, 0.15) is 143 Å². The van der Waals surface area contributed by atoms with E-state index in [9.17, 15) is 1.37 Å². The predicted molar refractivity (Wildman–Crippen MR) is 279 cm³/mol.